The Morgan fingerprint density at radius 1 is 0.450 bits per heavy atom. The van der Waals surface area contributed by atoms with Crippen LogP contribution in [0.2, 0.25) is 0 Å². The van der Waals surface area contributed by atoms with Crippen LogP contribution in [0.15, 0.2) is 132 Å². The molecule has 0 unspecified atom stereocenters. The van der Waals surface area contributed by atoms with E-state index in [0.717, 1.165) is 49.1 Å². The first-order chi connectivity index (χ1) is 19.8. The molecule has 5 aromatic carbocycles. The molecule has 8 aromatic rings. The number of benzene rings is 5. The summed E-state index contributed by atoms with van der Waals surface area (Å²) < 4.78 is 7.27. The predicted molar refractivity (Wildman–Crippen MR) is 164 cm³/mol. The number of hydrogen-bond acceptors (Lipinski definition) is 5. The van der Waals surface area contributed by atoms with Gasteiger partial charge in [-0.05, 0) is 59.0 Å². The lowest BCUT2D eigenvalue weighted by Crippen LogP contribution is -1.99. The third-order valence-corrected chi connectivity index (χ3v) is 8.26. The summed E-state index contributed by atoms with van der Waals surface area (Å²) in [5.74, 6) is 1.95. The Morgan fingerprint density at radius 2 is 1.12 bits per heavy atom. The molecule has 5 heteroatoms. The van der Waals surface area contributed by atoms with Crippen molar-refractivity contribution in [2.75, 3.05) is 0 Å². The summed E-state index contributed by atoms with van der Waals surface area (Å²) in [5.41, 5.74) is 5.86. The first-order valence-electron chi connectivity index (χ1n) is 13.1. The molecular formula is C35H21N3OS. The van der Waals surface area contributed by atoms with E-state index in [1.54, 1.807) is 11.3 Å². The van der Waals surface area contributed by atoms with Gasteiger partial charge in [0.1, 0.15) is 11.2 Å². The number of fused-ring (bicyclic) bond motifs is 4. The Bertz CT molecular complexity index is 2150. The van der Waals surface area contributed by atoms with Gasteiger partial charge in [-0.15, -0.1) is 11.3 Å². The molecule has 0 N–H and O–H groups in total. The molecule has 0 aliphatic rings. The Hall–Kier alpha value is -5.13. The summed E-state index contributed by atoms with van der Waals surface area (Å²) in [6.07, 6.45) is 0. The van der Waals surface area contributed by atoms with E-state index >= 15 is 0 Å². The standard InChI is InChI=1S/C35H21N3OS/c1-2-9-22(10-3-1)23-12-8-13-25(19-23)33-36-34(38-35(37-33)32-21-24-11-4-7-16-31(24)40-32)26-17-18-30-28(20-26)27-14-5-6-15-29(27)39-30/h1-21H. The molecular weight excluding hydrogens is 510 g/mol. The number of aromatic nitrogens is 3. The lowest BCUT2D eigenvalue weighted by molar-refractivity contribution is 0.669. The molecule has 0 saturated heterocycles. The van der Waals surface area contributed by atoms with Crippen molar-refractivity contribution in [2.45, 2.75) is 0 Å². The predicted octanol–water partition coefficient (Wildman–Crippen LogP) is 9.65. The highest BCUT2D eigenvalue weighted by Gasteiger charge is 2.16. The Labute approximate surface area is 234 Å². The molecule has 8 rings (SSSR count). The minimum Gasteiger partial charge on any atom is -0.456 e. The summed E-state index contributed by atoms with van der Waals surface area (Å²) in [6, 6.07) is 43.6. The minimum absolute atomic E-state index is 0.634. The largest absolute Gasteiger partial charge is 0.456 e. The Kier molecular flexibility index (Phi) is 5.28. The molecule has 0 aliphatic heterocycles. The van der Waals surface area contributed by atoms with Crippen LogP contribution in [0.25, 0.3) is 76.6 Å². The van der Waals surface area contributed by atoms with E-state index in [1.165, 1.54) is 10.1 Å². The maximum atomic E-state index is 6.07. The maximum absolute atomic E-state index is 6.07. The van der Waals surface area contributed by atoms with E-state index in [9.17, 15) is 0 Å². The van der Waals surface area contributed by atoms with Gasteiger partial charge in [0.15, 0.2) is 17.5 Å². The van der Waals surface area contributed by atoms with Gasteiger partial charge in [-0.25, -0.2) is 15.0 Å². The molecule has 0 fully saturated rings. The number of nitrogens with zero attached hydrogens (tertiary/aromatic N) is 3. The van der Waals surface area contributed by atoms with E-state index in [2.05, 4.69) is 91.0 Å². The van der Waals surface area contributed by atoms with Gasteiger partial charge in [0, 0.05) is 26.6 Å². The van der Waals surface area contributed by atoms with Crippen LogP contribution >= 0.6 is 11.3 Å². The molecule has 0 spiro atoms. The fourth-order valence-corrected chi connectivity index (χ4v) is 6.17. The Balaban J connectivity index is 1.33. The minimum atomic E-state index is 0.634. The highest BCUT2D eigenvalue weighted by molar-refractivity contribution is 7.22. The van der Waals surface area contributed by atoms with Gasteiger partial charge >= 0.3 is 0 Å². The van der Waals surface area contributed by atoms with Crippen molar-refractivity contribution in [3.8, 4) is 44.6 Å². The normalized spacial score (nSPS) is 11.5. The van der Waals surface area contributed by atoms with Gasteiger partial charge in [0.2, 0.25) is 0 Å². The third kappa shape index (κ3) is 3.96. The number of rotatable bonds is 4. The van der Waals surface area contributed by atoms with Crippen molar-refractivity contribution in [1.29, 1.82) is 0 Å². The summed E-state index contributed by atoms with van der Waals surface area (Å²) in [4.78, 5) is 16.0. The summed E-state index contributed by atoms with van der Waals surface area (Å²) in [7, 11) is 0. The van der Waals surface area contributed by atoms with Crippen LogP contribution in [-0.4, -0.2) is 15.0 Å². The van der Waals surface area contributed by atoms with Gasteiger partial charge < -0.3 is 4.42 Å². The van der Waals surface area contributed by atoms with Crippen LogP contribution in [0.5, 0.6) is 0 Å². The fourth-order valence-electron chi connectivity index (χ4n) is 5.17. The molecule has 0 aliphatic carbocycles. The number of furan rings is 1. The van der Waals surface area contributed by atoms with Crippen molar-refractivity contribution in [3.05, 3.63) is 127 Å². The van der Waals surface area contributed by atoms with Crippen LogP contribution < -0.4 is 0 Å². The quantitative estimate of drug-likeness (QED) is 0.227. The lowest BCUT2D eigenvalue weighted by Gasteiger charge is -2.09. The zero-order valence-electron chi connectivity index (χ0n) is 21.3. The number of para-hydroxylation sites is 1. The topological polar surface area (TPSA) is 51.8 Å². The molecule has 4 nitrogen and oxygen atoms in total. The second-order valence-electron chi connectivity index (χ2n) is 9.71. The smallest absolute Gasteiger partial charge is 0.174 e. The van der Waals surface area contributed by atoms with E-state index in [0.29, 0.717) is 17.5 Å². The molecule has 3 heterocycles. The van der Waals surface area contributed by atoms with Gasteiger partial charge in [-0.3, -0.25) is 0 Å². The maximum Gasteiger partial charge on any atom is 0.174 e. The highest BCUT2D eigenvalue weighted by atomic mass is 32.1. The summed E-state index contributed by atoms with van der Waals surface area (Å²) in [6.45, 7) is 0. The van der Waals surface area contributed by atoms with Gasteiger partial charge in [0.25, 0.3) is 0 Å². The zero-order chi connectivity index (χ0) is 26.5. The van der Waals surface area contributed by atoms with Crippen molar-refractivity contribution < 1.29 is 4.42 Å². The average molecular weight is 532 g/mol. The van der Waals surface area contributed by atoms with Crippen molar-refractivity contribution in [1.82, 2.24) is 15.0 Å². The number of hydrogen-bond donors (Lipinski definition) is 0. The van der Waals surface area contributed by atoms with E-state index in [1.807, 2.05) is 36.4 Å². The van der Waals surface area contributed by atoms with Gasteiger partial charge in [-0.2, -0.15) is 0 Å². The molecule has 0 amide bonds. The molecule has 0 bridgehead atoms. The first-order valence-corrected chi connectivity index (χ1v) is 13.9. The first kappa shape index (κ1) is 22.8. The van der Waals surface area contributed by atoms with E-state index in [-0.39, 0.29) is 0 Å². The van der Waals surface area contributed by atoms with Crippen LogP contribution in [0.3, 0.4) is 0 Å². The van der Waals surface area contributed by atoms with Crippen LogP contribution in [-0.2, 0) is 0 Å². The second kappa shape index (κ2) is 9.26. The van der Waals surface area contributed by atoms with Crippen molar-refractivity contribution in [3.63, 3.8) is 0 Å². The molecule has 3 aromatic heterocycles. The van der Waals surface area contributed by atoms with E-state index < -0.39 is 0 Å². The monoisotopic (exact) mass is 531 g/mol. The third-order valence-electron chi connectivity index (χ3n) is 7.14. The molecule has 0 atom stereocenters. The van der Waals surface area contributed by atoms with Crippen molar-refractivity contribution in [2.24, 2.45) is 0 Å². The molecule has 0 saturated carbocycles. The van der Waals surface area contributed by atoms with Crippen LogP contribution in [0.4, 0.5) is 0 Å². The van der Waals surface area contributed by atoms with Crippen LogP contribution in [0.1, 0.15) is 0 Å². The second-order valence-corrected chi connectivity index (χ2v) is 10.8. The van der Waals surface area contributed by atoms with Crippen LogP contribution in [0, 0.1) is 0 Å². The summed E-state index contributed by atoms with van der Waals surface area (Å²) >= 11 is 1.70. The molecule has 40 heavy (non-hydrogen) atoms. The molecule has 188 valence electrons. The lowest BCUT2D eigenvalue weighted by atomic mass is 10.0. The number of thiophene rings is 1. The highest BCUT2D eigenvalue weighted by Crippen LogP contribution is 2.36. The average Bonchev–Trinajstić information content (AvgIpc) is 3.63. The van der Waals surface area contributed by atoms with Gasteiger partial charge in [0.05, 0.1) is 4.88 Å². The Morgan fingerprint density at radius 3 is 2.00 bits per heavy atom. The summed E-state index contributed by atoms with van der Waals surface area (Å²) in [5, 5.41) is 3.31. The van der Waals surface area contributed by atoms with E-state index in [4.69, 9.17) is 19.4 Å². The van der Waals surface area contributed by atoms with Crippen molar-refractivity contribution >= 4 is 43.4 Å². The SMILES string of the molecule is c1ccc(-c2cccc(-c3nc(-c4ccc5oc6ccccc6c5c4)nc(-c4cc5ccccc5s4)n3)c2)cc1. The fraction of sp³-hybridized carbons (Fsp3) is 0. The molecule has 0 radical (unpaired) electrons. The zero-order valence-corrected chi connectivity index (χ0v) is 22.1. The van der Waals surface area contributed by atoms with Gasteiger partial charge in [-0.1, -0.05) is 84.9 Å².